The van der Waals surface area contributed by atoms with Gasteiger partial charge < -0.3 is 19.5 Å². The van der Waals surface area contributed by atoms with Crippen molar-refractivity contribution in [1.82, 2.24) is 0 Å². The quantitative estimate of drug-likeness (QED) is 0.874. The van der Waals surface area contributed by atoms with Crippen LogP contribution in [0.4, 0.5) is 5.69 Å². The molecule has 23 heavy (non-hydrogen) atoms. The van der Waals surface area contributed by atoms with Crippen molar-refractivity contribution < 1.29 is 19.0 Å². The van der Waals surface area contributed by atoms with Gasteiger partial charge in [0.25, 0.3) is 5.91 Å². The highest BCUT2D eigenvalue weighted by Crippen LogP contribution is 2.29. The highest BCUT2D eigenvalue weighted by atomic mass is 35.5. The van der Waals surface area contributed by atoms with Crippen LogP contribution in [0.2, 0.25) is 5.02 Å². The number of methoxy groups -OCH3 is 2. The largest absolute Gasteiger partial charge is 0.497 e. The van der Waals surface area contributed by atoms with Gasteiger partial charge in [-0.3, -0.25) is 4.79 Å². The molecule has 2 aromatic rings. The summed E-state index contributed by atoms with van der Waals surface area (Å²) in [5, 5.41) is 3.39. The summed E-state index contributed by atoms with van der Waals surface area (Å²) in [5.74, 6) is 1.45. The van der Waals surface area contributed by atoms with E-state index in [0.29, 0.717) is 28.0 Å². The van der Waals surface area contributed by atoms with Gasteiger partial charge in [0, 0.05) is 11.1 Å². The SMILES string of the molecule is COc1ccc(OC)c(NC(=O)COc2ccc(Cl)c(C)c2)c1. The first kappa shape index (κ1) is 17.0. The van der Waals surface area contributed by atoms with E-state index < -0.39 is 0 Å². The predicted molar refractivity (Wildman–Crippen MR) is 89.9 cm³/mol. The van der Waals surface area contributed by atoms with Crippen LogP contribution in [-0.4, -0.2) is 26.7 Å². The third-order valence-corrected chi connectivity index (χ3v) is 3.60. The summed E-state index contributed by atoms with van der Waals surface area (Å²) in [6.07, 6.45) is 0. The lowest BCUT2D eigenvalue weighted by Gasteiger charge is -2.12. The fourth-order valence-corrected chi connectivity index (χ4v) is 2.07. The van der Waals surface area contributed by atoms with Gasteiger partial charge in [-0.1, -0.05) is 11.6 Å². The molecule has 0 aliphatic rings. The van der Waals surface area contributed by atoms with Gasteiger partial charge in [-0.05, 0) is 42.8 Å². The lowest BCUT2D eigenvalue weighted by molar-refractivity contribution is -0.118. The molecule has 0 saturated heterocycles. The molecule has 2 rings (SSSR count). The minimum atomic E-state index is -0.302. The third-order valence-electron chi connectivity index (χ3n) is 3.18. The molecule has 6 heteroatoms. The first-order valence-corrected chi connectivity index (χ1v) is 7.32. The van der Waals surface area contributed by atoms with E-state index in [2.05, 4.69) is 5.32 Å². The van der Waals surface area contributed by atoms with E-state index >= 15 is 0 Å². The van der Waals surface area contributed by atoms with Crippen molar-refractivity contribution in [3.8, 4) is 17.2 Å². The summed E-state index contributed by atoms with van der Waals surface area (Å²) in [7, 11) is 3.09. The number of carbonyl (C=O) groups is 1. The average molecular weight is 336 g/mol. The first-order chi connectivity index (χ1) is 11.0. The predicted octanol–water partition coefficient (Wildman–Crippen LogP) is 3.68. The monoisotopic (exact) mass is 335 g/mol. The Kier molecular flexibility index (Phi) is 5.71. The Labute approximate surface area is 140 Å². The third kappa shape index (κ3) is 4.53. The molecule has 0 aromatic heterocycles. The number of hydrogen-bond donors (Lipinski definition) is 1. The van der Waals surface area contributed by atoms with Crippen LogP contribution in [0.1, 0.15) is 5.56 Å². The maximum absolute atomic E-state index is 12.0. The summed E-state index contributed by atoms with van der Waals surface area (Å²) < 4.78 is 15.8. The molecule has 5 nitrogen and oxygen atoms in total. The highest BCUT2D eigenvalue weighted by molar-refractivity contribution is 6.31. The summed E-state index contributed by atoms with van der Waals surface area (Å²) in [5.41, 5.74) is 1.41. The zero-order valence-electron chi connectivity index (χ0n) is 13.2. The second kappa shape index (κ2) is 7.74. The van der Waals surface area contributed by atoms with E-state index in [0.717, 1.165) is 5.56 Å². The molecule has 0 fully saturated rings. The highest BCUT2D eigenvalue weighted by Gasteiger charge is 2.10. The molecule has 0 atom stereocenters. The summed E-state index contributed by atoms with van der Waals surface area (Å²) in [6, 6.07) is 10.4. The molecule has 0 spiro atoms. The van der Waals surface area contributed by atoms with E-state index in [-0.39, 0.29) is 12.5 Å². The fourth-order valence-electron chi connectivity index (χ4n) is 1.95. The lowest BCUT2D eigenvalue weighted by Crippen LogP contribution is -2.20. The van der Waals surface area contributed by atoms with E-state index in [1.54, 1.807) is 43.5 Å². The van der Waals surface area contributed by atoms with Crippen LogP contribution in [-0.2, 0) is 4.79 Å². The van der Waals surface area contributed by atoms with Crippen molar-refractivity contribution in [3.05, 3.63) is 47.0 Å². The normalized spacial score (nSPS) is 10.1. The topological polar surface area (TPSA) is 56.8 Å². The van der Waals surface area contributed by atoms with E-state index in [9.17, 15) is 4.79 Å². The molecular weight excluding hydrogens is 318 g/mol. The molecule has 1 amide bonds. The van der Waals surface area contributed by atoms with Gasteiger partial charge in [0.15, 0.2) is 6.61 Å². The number of ether oxygens (including phenoxy) is 3. The second-order valence-electron chi connectivity index (χ2n) is 4.81. The van der Waals surface area contributed by atoms with Crippen LogP contribution < -0.4 is 19.5 Å². The number of aryl methyl sites for hydroxylation is 1. The van der Waals surface area contributed by atoms with Crippen LogP contribution in [0.15, 0.2) is 36.4 Å². The number of amides is 1. The molecule has 0 radical (unpaired) electrons. The summed E-state index contributed by atoms with van der Waals surface area (Å²) >= 11 is 5.95. The van der Waals surface area contributed by atoms with Crippen molar-refractivity contribution in [2.45, 2.75) is 6.92 Å². The van der Waals surface area contributed by atoms with Crippen LogP contribution in [0, 0.1) is 6.92 Å². The minimum Gasteiger partial charge on any atom is -0.497 e. The number of benzene rings is 2. The average Bonchev–Trinajstić information content (AvgIpc) is 2.55. The second-order valence-corrected chi connectivity index (χ2v) is 5.22. The van der Waals surface area contributed by atoms with Gasteiger partial charge in [0.05, 0.1) is 19.9 Å². The first-order valence-electron chi connectivity index (χ1n) is 6.94. The summed E-state index contributed by atoms with van der Waals surface area (Å²) in [6.45, 7) is 1.75. The maximum Gasteiger partial charge on any atom is 0.262 e. The lowest BCUT2D eigenvalue weighted by atomic mass is 10.2. The number of halogens is 1. The molecule has 0 bridgehead atoms. The van der Waals surface area contributed by atoms with Gasteiger partial charge >= 0.3 is 0 Å². The van der Waals surface area contributed by atoms with E-state index in [4.69, 9.17) is 25.8 Å². The number of anilines is 1. The number of carbonyl (C=O) groups excluding carboxylic acids is 1. The van der Waals surface area contributed by atoms with E-state index in [1.165, 1.54) is 7.11 Å². The molecule has 0 aliphatic heterocycles. The Morgan fingerprint density at radius 3 is 2.48 bits per heavy atom. The Morgan fingerprint density at radius 1 is 1.09 bits per heavy atom. The molecule has 122 valence electrons. The molecule has 0 aliphatic carbocycles. The Hall–Kier alpha value is -2.40. The van der Waals surface area contributed by atoms with Crippen molar-refractivity contribution >= 4 is 23.2 Å². The van der Waals surface area contributed by atoms with E-state index in [1.807, 2.05) is 6.92 Å². The zero-order chi connectivity index (χ0) is 16.8. The number of rotatable bonds is 6. The fraction of sp³-hybridized carbons (Fsp3) is 0.235. The molecule has 2 aromatic carbocycles. The van der Waals surface area contributed by atoms with Crippen LogP contribution in [0.5, 0.6) is 17.2 Å². The summed E-state index contributed by atoms with van der Waals surface area (Å²) in [4.78, 5) is 12.0. The van der Waals surface area contributed by atoms with Gasteiger partial charge in [-0.25, -0.2) is 0 Å². The Morgan fingerprint density at radius 2 is 1.83 bits per heavy atom. The standard InChI is InChI=1S/C17H18ClNO4/c1-11-8-13(4-6-14(11)18)23-10-17(20)19-15-9-12(21-2)5-7-16(15)22-3/h4-9H,10H2,1-3H3,(H,19,20). The van der Waals surface area contributed by atoms with Gasteiger partial charge in [-0.2, -0.15) is 0 Å². The molecule has 0 heterocycles. The van der Waals surface area contributed by atoms with Crippen molar-refractivity contribution in [3.63, 3.8) is 0 Å². The van der Waals surface area contributed by atoms with Gasteiger partial charge in [0.2, 0.25) is 0 Å². The van der Waals surface area contributed by atoms with Crippen molar-refractivity contribution in [2.75, 3.05) is 26.1 Å². The molecular formula is C17H18ClNO4. The van der Waals surface area contributed by atoms with Crippen molar-refractivity contribution in [2.24, 2.45) is 0 Å². The molecule has 0 unspecified atom stereocenters. The smallest absolute Gasteiger partial charge is 0.262 e. The maximum atomic E-state index is 12.0. The molecule has 1 N–H and O–H groups in total. The van der Waals surface area contributed by atoms with Crippen molar-refractivity contribution in [1.29, 1.82) is 0 Å². The zero-order valence-corrected chi connectivity index (χ0v) is 13.9. The van der Waals surface area contributed by atoms with Gasteiger partial charge in [-0.15, -0.1) is 0 Å². The van der Waals surface area contributed by atoms with Crippen LogP contribution in [0.3, 0.4) is 0 Å². The number of hydrogen-bond acceptors (Lipinski definition) is 4. The Balaban J connectivity index is 2.00. The van der Waals surface area contributed by atoms with Crippen LogP contribution in [0.25, 0.3) is 0 Å². The van der Waals surface area contributed by atoms with Crippen LogP contribution >= 0.6 is 11.6 Å². The molecule has 0 saturated carbocycles. The number of nitrogens with one attached hydrogen (secondary N) is 1. The Bertz CT molecular complexity index is 703. The minimum absolute atomic E-state index is 0.124. The van der Waals surface area contributed by atoms with Gasteiger partial charge in [0.1, 0.15) is 17.2 Å².